The Labute approximate surface area is 172 Å². The summed E-state index contributed by atoms with van der Waals surface area (Å²) in [6.07, 6.45) is 0.277. The predicted octanol–water partition coefficient (Wildman–Crippen LogP) is 0.735. The van der Waals surface area contributed by atoms with Crippen molar-refractivity contribution >= 4 is 23.9 Å². The van der Waals surface area contributed by atoms with Crippen molar-refractivity contribution < 1.29 is 28.7 Å². The molecule has 158 valence electrons. The molecule has 3 heterocycles. The fourth-order valence-corrected chi connectivity index (χ4v) is 4.08. The van der Waals surface area contributed by atoms with Crippen molar-refractivity contribution in [2.24, 2.45) is 0 Å². The number of nitrogens with one attached hydrogen (secondary N) is 3. The second-order valence-electron chi connectivity index (χ2n) is 7.25. The molecule has 3 aliphatic heterocycles. The second-order valence-corrected chi connectivity index (χ2v) is 7.25. The third-order valence-electron chi connectivity index (χ3n) is 5.44. The number of hydrogen-bond acceptors (Lipinski definition) is 6. The van der Waals surface area contributed by atoms with E-state index >= 15 is 0 Å². The predicted molar refractivity (Wildman–Crippen MR) is 103 cm³/mol. The van der Waals surface area contributed by atoms with Crippen LogP contribution in [0.4, 0.5) is 9.59 Å². The number of benzene rings is 1. The topological polar surface area (TPSA) is 126 Å². The van der Waals surface area contributed by atoms with Gasteiger partial charge in [-0.25, -0.2) is 14.4 Å². The summed E-state index contributed by atoms with van der Waals surface area (Å²) >= 11 is 0. The van der Waals surface area contributed by atoms with Gasteiger partial charge in [-0.1, -0.05) is 18.2 Å². The van der Waals surface area contributed by atoms with Crippen molar-refractivity contribution in [3.8, 4) is 5.75 Å². The lowest BCUT2D eigenvalue weighted by atomic mass is 9.84. The molecular weight excluding hydrogens is 392 g/mol. The largest absolute Gasteiger partial charge is 0.493 e. The van der Waals surface area contributed by atoms with E-state index in [2.05, 4.69) is 16.0 Å². The molecule has 1 saturated heterocycles. The average Bonchev–Trinajstić information content (AvgIpc) is 2.93. The van der Waals surface area contributed by atoms with Crippen LogP contribution in [0.5, 0.6) is 5.75 Å². The Morgan fingerprint density at radius 1 is 1.30 bits per heavy atom. The van der Waals surface area contributed by atoms with E-state index < -0.39 is 35.5 Å². The van der Waals surface area contributed by atoms with E-state index in [4.69, 9.17) is 9.47 Å². The van der Waals surface area contributed by atoms with Crippen LogP contribution in [-0.2, 0) is 19.9 Å². The molecule has 0 aliphatic carbocycles. The van der Waals surface area contributed by atoms with Gasteiger partial charge in [0, 0.05) is 12.0 Å². The SMILES string of the molecule is CCOC(=O)C1=C(CN2C(=O)N[C@@]3(CCOc4ccccc43)C2=O)NC(=O)N[C@H]1C. The minimum atomic E-state index is -1.24. The molecule has 3 aliphatic rings. The zero-order chi connectivity index (χ0) is 21.5. The highest BCUT2D eigenvalue weighted by molar-refractivity contribution is 6.08. The van der Waals surface area contributed by atoms with Crippen LogP contribution in [0.15, 0.2) is 35.5 Å². The van der Waals surface area contributed by atoms with Crippen LogP contribution in [-0.4, -0.2) is 54.6 Å². The highest BCUT2D eigenvalue weighted by Crippen LogP contribution is 2.41. The van der Waals surface area contributed by atoms with Gasteiger partial charge in [-0.15, -0.1) is 0 Å². The van der Waals surface area contributed by atoms with E-state index in [0.29, 0.717) is 11.3 Å². The Hall–Kier alpha value is -3.56. The maximum Gasteiger partial charge on any atom is 0.337 e. The third kappa shape index (κ3) is 3.04. The average molecular weight is 414 g/mol. The molecule has 30 heavy (non-hydrogen) atoms. The lowest BCUT2D eigenvalue weighted by molar-refractivity contribution is -0.139. The zero-order valence-corrected chi connectivity index (χ0v) is 16.6. The van der Waals surface area contributed by atoms with E-state index in [1.165, 1.54) is 0 Å². The van der Waals surface area contributed by atoms with Gasteiger partial charge in [0.15, 0.2) is 5.54 Å². The molecule has 0 bridgehead atoms. The highest BCUT2D eigenvalue weighted by atomic mass is 16.5. The fraction of sp³-hybridized carbons (Fsp3) is 0.400. The first-order valence-corrected chi connectivity index (χ1v) is 9.71. The van der Waals surface area contributed by atoms with Crippen molar-refractivity contribution in [2.45, 2.75) is 31.8 Å². The normalized spacial score (nSPS) is 25.3. The van der Waals surface area contributed by atoms with Crippen molar-refractivity contribution in [1.29, 1.82) is 0 Å². The Morgan fingerprint density at radius 3 is 2.83 bits per heavy atom. The molecule has 4 rings (SSSR count). The summed E-state index contributed by atoms with van der Waals surface area (Å²) in [5, 5.41) is 7.93. The van der Waals surface area contributed by atoms with Crippen LogP contribution in [0, 0.1) is 0 Å². The molecule has 10 nitrogen and oxygen atoms in total. The zero-order valence-electron chi connectivity index (χ0n) is 16.6. The number of rotatable bonds is 4. The Morgan fingerprint density at radius 2 is 2.07 bits per heavy atom. The number of carbonyl (C=O) groups excluding carboxylic acids is 4. The van der Waals surface area contributed by atoms with Crippen LogP contribution >= 0.6 is 0 Å². The molecule has 1 aromatic rings. The van der Waals surface area contributed by atoms with Gasteiger partial charge in [0.25, 0.3) is 5.91 Å². The maximum atomic E-state index is 13.4. The first-order chi connectivity index (χ1) is 14.4. The Balaban J connectivity index is 1.69. The summed E-state index contributed by atoms with van der Waals surface area (Å²) in [5.74, 6) is -0.542. The maximum absolute atomic E-state index is 13.4. The minimum absolute atomic E-state index is 0.152. The number of hydrogen-bond donors (Lipinski definition) is 3. The molecule has 0 aromatic heterocycles. The first kappa shape index (κ1) is 19.7. The van der Waals surface area contributed by atoms with Crippen molar-refractivity contribution in [3.05, 3.63) is 41.1 Å². The lowest BCUT2D eigenvalue weighted by Gasteiger charge is -2.33. The number of imide groups is 1. The van der Waals surface area contributed by atoms with E-state index in [0.717, 1.165) is 4.90 Å². The summed E-state index contributed by atoms with van der Waals surface area (Å²) in [5.41, 5.74) is -0.325. The van der Waals surface area contributed by atoms with E-state index in [1.54, 1.807) is 38.1 Å². The summed E-state index contributed by atoms with van der Waals surface area (Å²) in [6.45, 7) is 3.46. The van der Waals surface area contributed by atoms with Crippen LogP contribution < -0.4 is 20.7 Å². The standard InChI is InChI=1S/C20H22N4O6/c1-3-29-16(25)15-11(2)21-18(27)22-13(15)10-24-17(26)20(23-19(24)28)8-9-30-14-7-5-4-6-12(14)20/h4-7,11H,3,8-10H2,1-2H3,(H,23,28)(H2,21,22,27)/t11-,20+/m0/s1. The summed E-state index contributed by atoms with van der Waals surface area (Å²) in [4.78, 5) is 51.6. The third-order valence-corrected chi connectivity index (χ3v) is 5.44. The molecule has 3 N–H and O–H groups in total. The van der Waals surface area contributed by atoms with Crippen LogP contribution in [0.3, 0.4) is 0 Å². The quantitative estimate of drug-likeness (QED) is 0.493. The Kier molecular flexibility index (Phi) is 4.84. The van der Waals surface area contributed by atoms with Crippen LogP contribution in [0.1, 0.15) is 25.8 Å². The van der Waals surface area contributed by atoms with Gasteiger partial charge >= 0.3 is 18.0 Å². The minimum Gasteiger partial charge on any atom is -0.493 e. The summed E-state index contributed by atoms with van der Waals surface area (Å²) < 4.78 is 10.7. The number of esters is 1. The molecule has 1 aromatic carbocycles. The van der Waals surface area contributed by atoms with Gasteiger partial charge in [0.1, 0.15) is 5.75 Å². The molecule has 0 unspecified atom stereocenters. The molecular formula is C20H22N4O6. The van der Waals surface area contributed by atoms with E-state index in [-0.39, 0.29) is 37.4 Å². The number of para-hydroxylation sites is 1. The molecule has 0 saturated carbocycles. The molecule has 1 fully saturated rings. The fourth-order valence-electron chi connectivity index (χ4n) is 4.08. The van der Waals surface area contributed by atoms with Crippen molar-refractivity contribution in [2.75, 3.05) is 19.8 Å². The number of ether oxygens (including phenoxy) is 2. The lowest BCUT2D eigenvalue weighted by Crippen LogP contribution is -2.52. The molecule has 0 radical (unpaired) electrons. The molecule has 10 heteroatoms. The highest BCUT2D eigenvalue weighted by Gasteiger charge is 2.55. The summed E-state index contributed by atoms with van der Waals surface area (Å²) in [7, 11) is 0. The van der Waals surface area contributed by atoms with E-state index in [1.807, 2.05) is 0 Å². The Bertz CT molecular complexity index is 974. The van der Waals surface area contributed by atoms with Gasteiger partial charge in [-0.05, 0) is 19.9 Å². The number of fused-ring (bicyclic) bond motifs is 2. The first-order valence-electron chi connectivity index (χ1n) is 9.71. The van der Waals surface area contributed by atoms with E-state index in [9.17, 15) is 19.2 Å². The van der Waals surface area contributed by atoms with Gasteiger partial charge in [-0.3, -0.25) is 9.69 Å². The molecule has 2 atom stereocenters. The smallest absolute Gasteiger partial charge is 0.337 e. The van der Waals surface area contributed by atoms with Crippen molar-refractivity contribution in [3.63, 3.8) is 0 Å². The molecule has 5 amide bonds. The number of carbonyl (C=O) groups is 4. The number of amides is 5. The number of urea groups is 2. The van der Waals surface area contributed by atoms with Crippen LogP contribution in [0.2, 0.25) is 0 Å². The van der Waals surface area contributed by atoms with Gasteiger partial charge in [0.2, 0.25) is 0 Å². The summed E-state index contributed by atoms with van der Waals surface area (Å²) in [6, 6.07) is 5.29. The van der Waals surface area contributed by atoms with Gasteiger partial charge in [-0.2, -0.15) is 0 Å². The number of nitrogens with zero attached hydrogens (tertiary/aromatic N) is 1. The second kappa shape index (κ2) is 7.36. The van der Waals surface area contributed by atoms with Gasteiger partial charge in [0.05, 0.1) is 37.1 Å². The van der Waals surface area contributed by atoms with Crippen LogP contribution in [0.25, 0.3) is 0 Å². The molecule has 1 spiro atoms. The monoisotopic (exact) mass is 414 g/mol. The van der Waals surface area contributed by atoms with Gasteiger partial charge < -0.3 is 25.4 Å². The van der Waals surface area contributed by atoms with Crippen molar-refractivity contribution in [1.82, 2.24) is 20.9 Å².